The molecule has 0 spiro atoms. The first-order valence-corrected chi connectivity index (χ1v) is 6.92. The van der Waals surface area contributed by atoms with Gasteiger partial charge in [0.25, 0.3) is 0 Å². The number of anilines is 2. The standard InChI is InChI=1S/C12H17N5S/c1-2-4-10-15-11(13)17-12(16-10)14-7-6-9-5-3-8-18-9/h3,5,8H,2,4,6-7H2,1H3,(H3,13,14,15,16,17). The Morgan fingerprint density at radius 2 is 2.17 bits per heavy atom. The van der Waals surface area contributed by atoms with E-state index in [1.165, 1.54) is 4.88 Å². The van der Waals surface area contributed by atoms with Crippen LogP contribution in [0.5, 0.6) is 0 Å². The second kappa shape index (κ2) is 6.30. The molecule has 5 nitrogen and oxygen atoms in total. The number of nitrogens with two attached hydrogens (primary N) is 1. The van der Waals surface area contributed by atoms with Crippen LogP contribution in [0.3, 0.4) is 0 Å². The second-order valence-electron chi connectivity index (χ2n) is 3.94. The molecule has 2 heterocycles. The fourth-order valence-electron chi connectivity index (χ4n) is 1.60. The highest BCUT2D eigenvalue weighted by molar-refractivity contribution is 7.09. The van der Waals surface area contributed by atoms with Crippen LogP contribution in [0.15, 0.2) is 17.5 Å². The molecule has 0 amide bonds. The number of nitrogens with zero attached hydrogens (tertiary/aromatic N) is 3. The van der Waals surface area contributed by atoms with Gasteiger partial charge in [0.15, 0.2) is 0 Å². The molecule has 0 aromatic carbocycles. The predicted octanol–water partition coefficient (Wildman–Crippen LogP) is 2.12. The summed E-state index contributed by atoms with van der Waals surface area (Å²) in [4.78, 5) is 13.9. The Balaban J connectivity index is 1.92. The van der Waals surface area contributed by atoms with Gasteiger partial charge in [-0.2, -0.15) is 15.0 Å². The molecule has 0 saturated carbocycles. The Labute approximate surface area is 111 Å². The van der Waals surface area contributed by atoms with E-state index in [-0.39, 0.29) is 5.95 Å². The number of hydrogen-bond acceptors (Lipinski definition) is 6. The van der Waals surface area contributed by atoms with Gasteiger partial charge >= 0.3 is 0 Å². The first-order valence-electron chi connectivity index (χ1n) is 6.04. The lowest BCUT2D eigenvalue weighted by molar-refractivity contribution is 0.819. The van der Waals surface area contributed by atoms with Crippen molar-refractivity contribution in [3.05, 3.63) is 28.2 Å². The molecule has 0 radical (unpaired) electrons. The SMILES string of the molecule is CCCc1nc(N)nc(NCCc2cccs2)n1. The van der Waals surface area contributed by atoms with Gasteiger partial charge in [-0.1, -0.05) is 13.0 Å². The minimum absolute atomic E-state index is 0.284. The van der Waals surface area contributed by atoms with Gasteiger partial charge in [-0.3, -0.25) is 0 Å². The fraction of sp³-hybridized carbons (Fsp3) is 0.417. The van der Waals surface area contributed by atoms with Crippen molar-refractivity contribution in [1.29, 1.82) is 0 Å². The number of nitrogen functional groups attached to an aromatic ring is 1. The highest BCUT2D eigenvalue weighted by atomic mass is 32.1. The predicted molar refractivity (Wildman–Crippen MR) is 74.7 cm³/mol. The van der Waals surface area contributed by atoms with Crippen LogP contribution >= 0.6 is 11.3 Å². The number of hydrogen-bond donors (Lipinski definition) is 2. The van der Waals surface area contributed by atoms with E-state index in [4.69, 9.17) is 5.73 Å². The fourth-order valence-corrected chi connectivity index (χ4v) is 2.31. The van der Waals surface area contributed by atoms with Crippen LogP contribution in [0.25, 0.3) is 0 Å². The summed E-state index contributed by atoms with van der Waals surface area (Å²) < 4.78 is 0. The molecule has 0 unspecified atom stereocenters. The number of aryl methyl sites for hydroxylation is 1. The van der Waals surface area contributed by atoms with E-state index >= 15 is 0 Å². The maximum atomic E-state index is 5.66. The first-order chi connectivity index (χ1) is 8.78. The Morgan fingerprint density at radius 1 is 1.28 bits per heavy atom. The molecule has 2 aromatic rings. The zero-order valence-corrected chi connectivity index (χ0v) is 11.2. The summed E-state index contributed by atoms with van der Waals surface area (Å²) in [6.07, 6.45) is 2.79. The largest absolute Gasteiger partial charge is 0.368 e. The van der Waals surface area contributed by atoms with E-state index in [0.29, 0.717) is 5.95 Å². The summed E-state index contributed by atoms with van der Waals surface area (Å²) in [6.45, 7) is 2.89. The van der Waals surface area contributed by atoms with Crippen LogP contribution in [0, 0.1) is 0 Å². The van der Waals surface area contributed by atoms with Gasteiger partial charge in [-0.15, -0.1) is 11.3 Å². The molecular formula is C12H17N5S. The molecule has 96 valence electrons. The lowest BCUT2D eigenvalue weighted by Crippen LogP contribution is -2.11. The third-order valence-electron chi connectivity index (χ3n) is 2.41. The minimum Gasteiger partial charge on any atom is -0.368 e. The summed E-state index contributed by atoms with van der Waals surface area (Å²) in [6, 6.07) is 4.18. The van der Waals surface area contributed by atoms with E-state index in [9.17, 15) is 0 Å². The van der Waals surface area contributed by atoms with Crippen LogP contribution in [0.2, 0.25) is 0 Å². The quantitative estimate of drug-likeness (QED) is 0.835. The maximum Gasteiger partial charge on any atom is 0.227 e. The van der Waals surface area contributed by atoms with Gasteiger partial charge in [-0.05, 0) is 24.3 Å². The average Bonchev–Trinajstić information content (AvgIpc) is 2.82. The lowest BCUT2D eigenvalue weighted by atomic mass is 10.3. The molecule has 3 N–H and O–H groups in total. The van der Waals surface area contributed by atoms with Crippen molar-refractivity contribution in [2.24, 2.45) is 0 Å². The third-order valence-corrected chi connectivity index (χ3v) is 3.34. The number of aromatic nitrogens is 3. The van der Waals surface area contributed by atoms with Crippen LogP contribution < -0.4 is 11.1 Å². The van der Waals surface area contributed by atoms with Crippen LogP contribution in [-0.2, 0) is 12.8 Å². The van der Waals surface area contributed by atoms with E-state index in [1.54, 1.807) is 11.3 Å². The van der Waals surface area contributed by atoms with Gasteiger partial charge in [0, 0.05) is 17.8 Å². The highest BCUT2D eigenvalue weighted by Crippen LogP contribution is 2.10. The van der Waals surface area contributed by atoms with Crippen molar-refractivity contribution in [3.8, 4) is 0 Å². The van der Waals surface area contributed by atoms with Crippen molar-refractivity contribution < 1.29 is 0 Å². The van der Waals surface area contributed by atoms with E-state index in [2.05, 4.69) is 44.7 Å². The van der Waals surface area contributed by atoms with Gasteiger partial charge in [0.2, 0.25) is 11.9 Å². The van der Waals surface area contributed by atoms with E-state index < -0.39 is 0 Å². The van der Waals surface area contributed by atoms with Crippen LogP contribution in [0.4, 0.5) is 11.9 Å². The molecule has 0 aliphatic rings. The Kier molecular flexibility index (Phi) is 4.46. The van der Waals surface area contributed by atoms with E-state index in [0.717, 1.165) is 31.6 Å². The van der Waals surface area contributed by atoms with Crippen molar-refractivity contribution in [3.63, 3.8) is 0 Å². The van der Waals surface area contributed by atoms with Gasteiger partial charge in [0.05, 0.1) is 0 Å². The normalized spacial score (nSPS) is 10.5. The Hall–Kier alpha value is -1.69. The Morgan fingerprint density at radius 3 is 2.89 bits per heavy atom. The summed E-state index contributed by atoms with van der Waals surface area (Å²) in [7, 11) is 0. The summed E-state index contributed by atoms with van der Waals surface area (Å²) in [5.74, 6) is 1.61. The summed E-state index contributed by atoms with van der Waals surface area (Å²) in [5.41, 5.74) is 5.66. The van der Waals surface area contributed by atoms with Crippen LogP contribution in [0.1, 0.15) is 24.0 Å². The second-order valence-corrected chi connectivity index (χ2v) is 4.97. The first kappa shape index (κ1) is 12.8. The van der Waals surface area contributed by atoms with Crippen molar-refractivity contribution in [1.82, 2.24) is 15.0 Å². The minimum atomic E-state index is 0.284. The summed E-state index contributed by atoms with van der Waals surface area (Å²) in [5, 5.41) is 5.27. The number of thiophene rings is 1. The van der Waals surface area contributed by atoms with Crippen molar-refractivity contribution >= 4 is 23.2 Å². The molecule has 0 aliphatic carbocycles. The zero-order valence-electron chi connectivity index (χ0n) is 10.4. The van der Waals surface area contributed by atoms with Gasteiger partial charge in [-0.25, -0.2) is 0 Å². The Bertz CT molecular complexity index is 483. The molecule has 0 bridgehead atoms. The molecule has 2 aromatic heterocycles. The molecule has 0 aliphatic heterocycles. The molecule has 0 atom stereocenters. The maximum absolute atomic E-state index is 5.66. The van der Waals surface area contributed by atoms with Gasteiger partial charge < -0.3 is 11.1 Å². The topological polar surface area (TPSA) is 76.7 Å². The average molecular weight is 263 g/mol. The van der Waals surface area contributed by atoms with Crippen LogP contribution in [-0.4, -0.2) is 21.5 Å². The molecule has 6 heteroatoms. The molecule has 0 fully saturated rings. The monoisotopic (exact) mass is 263 g/mol. The van der Waals surface area contributed by atoms with Crippen molar-refractivity contribution in [2.45, 2.75) is 26.2 Å². The zero-order chi connectivity index (χ0) is 12.8. The molecule has 18 heavy (non-hydrogen) atoms. The molecular weight excluding hydrogens is 246 g/mol. The van der Waals surface area contributed by atoms with E-state index in [1.807, 2.05) is 0 Å². The smallest absolute Gasteiger partial charge is 0.227 e. The number of rotatable bonds is 6. The lowest BCUT2D eigenvalue weighted by Gasteiger charge is -2.06. The summed E-state index contributed by atoms with van der Waals surface area (Å²) >= 11 is 1.75. The van der Waals surface area contributed by atoms with Crippen molar-refractivity contribution in [2.75, 3.05) is 17.6 Å². The molecule has 2 rings (SSSR count). The number of nitrogens with one attached hydrogen (secondary N) is 1. The van der Waals surface area contributed by atoms with Gasteiger partial charge in [0.1, 0.15) is 5.82 Å². The highest BCUT2D eigenvalue weighted by Gasteiger charge is 2.03. The third kappa shape index (κ3) is 3.66. The molecule has 0 saturated heterocycles.